The Morgan fingerprint density at radius 3 is 2.40 bits per heavy atom. The molecule has 0 amide bonds. The van der Waals surface area contributed by atoms with E-state index in [0.717, 1.165) is 6.42 Å². The van der Waals surface area contributed by atoms with E-state index in [1.165, 1.54) is 12.1 Å². The normalized spacial score (nSPS) is 10.7. The van der Waals surface area contributed by atoms with Gasteiger partial charge < -0.3 is 11.1 Å². The van der Waals surface area contributed by atoms with Crippen LogP contribution < -0.4 is 11.1 Å². The molecular weight excluding hydrogens is 266 g/mol. The van der Waals surface area contributed by atoms with Crippen molar-refractivity contribution in [3.05, 3.63) is 33.8 Å². The van der Waals surface area contributed by atoms with Crippen molar-refractivity contribution in [1.29, 1.82) is 0 Å². The largest absolute Gasteiger partial charge is 0.330 e. The van der Waals surface area contributed by atoms with E-state index in [4.69, 9.17) is 5.73 Å². The van der Waals surface area contributed by atoms with Crippen molar-refractivity contribution >= 4 is 15.9 Å². The highest BCUT2D eigenvalue weighted by atomic mass is 79.9. The van der Waals surface area contributed by atoms with Gasteiger partial charge in [0, 0.05) is 16.6 Å². The average Bonchev–Trinajstić information content (AvgIpc) is 2.15. The Balaban J connectivity index is 2.60. The summed E-state index contributed by atoms with van der Waals surface area (Å²) in [5.74, 6) is -1.08. The molecule has 0 saturated heterocycles. The first kappa shape index (κ1) is 12.5. The molecule has 0 bridgehead atoms. The topological polar surface area (TPSA) is 38.0 Å². The summed E-state index contributed by atoms with van der Waals surface area (Å²) in [6.45, 7) is 1.41. The Morgan fingerprint density at radius 2 is 1.87 bits per heavy atom. The molecule has 15 heavy (non-hydrogen) atoms. The molecule has 0 aliphatic rings. The summed E-state index contributed by atoms with van der Waals surface area (Å²) in [6.07, 6.45) is 0.791. The zero-order valence-electron chi connectivity index (χ0n) is 8.19. The Kier molecular flexibility index (Phi) is 5.14. The number of hydrogen-bond donors (Lipinski definition) is 2. The maximum Gasteiger partial charge on any atom is 0.131 e. The first-order valence-electron chi connectivity index (χ1n) is 4.69. The molecule has 3 N–H and O–H groups in total. The lowest BCUT2D eigenvalue weighted by molar-refractivity contribution is 0.532. The van der Waals surface area contributed by atoms with Crippen LogP contribution in [0.1, 0.15) is 12.0 Å². The second kappa shape index (κ2) is 6.15. The first-order chi connectivity index (χ1) is 7.15. The molecule has 0 saturated carbocycles. The van der Waals surface area contributed by atoms with Gasteiger partial charge in [-0.05, 0) is 31.6 Å². The van der Waals surface area contributed by atoms with Crippen LogP contribution in [0.25, 0.3) is 0 Å². The second-order valence-electron chi connectivity index (χ2n) is 3.17. The Morgan fingerprint density at radius 1 is 1.27 bits per heavy atom. The highest BCUT2D eigenvalue weighted by Crippen LogP contribution is 2.19. The molecule has 0 aliphatic heterocycles. The van der Waals surface area contributed by atoms with Gasteiger partial charge in [0.1, 0.15) is 11.6 Å². The number of rotatable bonds is 5. The highest BCUT2D eigenvalue weighted by Gasteiger charge is 2.09. The minimum atomic E-state index is -0.540. The Bertz CT molecular complexity index is 308. The molecule has 0 spiro atoms. The van der Waals surface area contributed by atoms with E-state index >= 15 is 0 Å². The summed E-state index contributed by atoms with van der Waals surface area (Å²) < 4.78 is 27.0. The molecule has 5 heteroatoms. The standard InChI is InChI=1S/C10H13BrF2N2/c11-7-4-9(12)8(10(13)5-7)6-15-3-1-2-14/h4-5,15H,1-3,6,14H2. The van der Waals surface area contributed by atoms with Crippen molar-refractivity contribution in [2.45, 2.75) is 13.0 Å². The van der Waals surface area contributed by atoms with Crippen molar-refractivity contribution in [3.8, 4) is 0 Å². The number of benzene rings is 1. The van der Waals surface area contributed by atoms with Crippen molar-refractivity contribution in [3.63, 3.8) is 0 Å². The van der Waals surface area contributed by atoms with E-state index in [-0.39, 0.29) is 12.1 Å². The van der Waals surface area contributed by atoms with E-state index in [2.05, 4.69) is 21.2 Å². The minimum absolute atomic E-state index is 0.0650. The fraction of sp³-hybridized carbons (Fsp3) is 0.400. The fourth-order valence-electron chi connectivity index (χ4n) is 1.18. The third kappa shape index (κ3) is 3.85. The van der Waals surface area contributed by atoms with Crippen molar-refractivity contribution < 1.29 is 8.78 Å². The van der Waals surface area contributed by atoms with Crippen LogP contribution in [0.2, 0.25) is 0 Å². The molecule has 0 aromatic heterocycles. The molecule has 2 nitrogen and oxygen atoms in total. The summed E-state index contributed by atoms with van der Waals surface area (Å²) in [7, 11) is 0. The molecule has 1 aromatic rings. The zero-order valence-corrected chi connectivity index (χ0v) is 9.78. The molecule has 0 aliphatic carbocycles. The zero-order chi connectivity index (χ0) is 11.3. The van der Waals surface area contributed by atoms with Crippen LogP contribution in [0.5, 0.6) is 0 Å². The number of halogens is 3. The molecule has 84 valence electrons. The fourth-order valence-corrected chi connectivity index (χ4v) is 1.58. The lowest BCUT2D eigenvalue weighted by atomic mass is 10.2. The predicted molar refractivity (Wildman–Crippen MR) is 59.4 cm³/mol. The van der Waals surface area contributed by atoms with Crippen molar-refractivity contribution in [2.75, 3.05) is 13.1 Å². The van der Waals surface area contributed by atoms with Gasteiger partial charge in [0.2, 0.25) is 0 Å². The van der Waals surface area contributed by atoms with Gasteiger partial charge >= 0.3 is 0 Å². The smallest absolute Gasteiger partial charge is 0.131 e. The molecule has 0 fully saturated rings. The van der Waals surface area contributed by atoms with E-state index in [9.17, 15) is 8.78 Å². The predicted octanol–water partition coefficient (Wildman–Crippen LogP) is 2.17. The van der Waals surface area contributed by atoms with Gasteiger partial charge in [-0.1, -0.05) is 15.9 Å². The van der Waals surface area contributed by atoms with E-state index in [0.29, 0.717) is 17.6 Å². The molecule has 0 atom stereocenters. The average molecular weight is 279 g/mol. The Hall–Kier alpha value is -0.520. The molecule has 1 aromatic carbocycles. The van der Waals surface area contributed by atoms with E-state index in [1.807, 2.05) is 0 Å². The van der Waals surface area contributed by atoms with Crippen LogP contribution >= 0.6 is 15.9 Å². The summed E-state index contributed by atoms with van der Waals surface area (Å²) in [5, 5.41) is 2.93. The van der Waals surface area contributed by atoms with Crippen molar-refractivity contribution in [1.82, 2.24) is 5.32 Å². The second-order valence-corrected chi connectivity index (χ2v) is 4.08. The van der Waals surface area contributed by atoms with Crippen LogP contribution in [0.15, 0.2) is 16.6 Å². The first-order valence-corrected chi connectivity index (χ1v) is 5.48. The molecule has 1 rings (SSSR count). The third-order valence-electron chi connectivity index (χ3n) is 1.97. The Labute approximate surface area is 96.0 Å². The summed E-state index contributed by atoms with van der Waals surface area (Å²) >= 11 is 3.02. The van der Waals surface area contributed by atoms with Crippen LogP contribution in [-0.4, -0.2) is 13.1 Å². The number of hydrogen-bond acceptors (Lipinski definition) is 2. The molecule has 0 unspecified atom stereocenters. The van der Waals surface area contributed by atoms with Gasteiger partial charge in [-0.2, -0.15) is 0 Å². The van der Waals surface area contributed by atoms with Gasteiger partial charge in [0.15, 0.2) is 0 Å². The van der Waals surface area contributed by atoms with Crippen LogP contribution in [0, 0.1) is 11.6 Å². The number of nitrogens with two attached hydrogens (primary N) is 1. The van der Waals surface area contributed by atoms with E-state index < -0.39 is 11.6 Å². The van der Waals surface area contributed by atoms with Gasteiger partial charge in [0.05, 0.1) is 0 Å². The summed E-state index contributed by atoms with van der Waals surface area (Å²) in [5.41, 5.74) is 5.36. The van der Waals surface area contributed by atoms with Crippen LogP contribution in [0.3, 0.4) is 0 Å². The molecular formula is C10H13BrF2N2. The minimum Gasteiger partial charge on any atom is -0.330 e. The molecule has 0 radical (unpaired) electrons. The SMILES string of the molecule is NCCCNCc1c(F)cc(Br)cc1F. The van der Waals surface area contributed by atoms with Crippen LogP contribution in [0.4, 0.5) is 8.78 Å². The van der Waals surface area contributed by atoms with Gasteiger partial charge in [-0.3, -0.25) is 0 Å². The monoisotopic (exact) mass is 278 g/mol. The van der Waals surface area contributed by atoms with Gasteiger partial charge in [-0.25, -0.2) is 8.78 Å². The maximum absolute atomic E-state index is 13.3. The number of nitrogens with one attached hydrogen (secondary N) is 1. The van der Waals surface area contributed by atoms with Crippen molar-refractivity contribution in [2.24, 2.45) is 5.73 Å². The summed E-state index contributed by atoms with van der Waals surface area (Å²) in [4.78, 5) is 0. The van der Waals surface area contributed by atoms with Crippen LogP contribution in [-0.2, 0) is 6.54 Å². The maximum atomic E-state index is 13.3. The van der Waals surface area contributed by atoms with Gasteiger partial charge in [0.25, 0.3) is 0 Å². The quantitative estimate of drug-likeness (QED) is 0.811. The lowest BCUT2D eigenvalue weighted by Crippen LogP contribution is -2.19. The van der Waals surface area contributed by atoms with Gasteiger partial charge in [-0.15, -0.1) is 0 Å². The van der Waals surface area contributed by atoms with E-state index in [1.54, 1.807) is 0 Å². The molecule has 0 heterocycles. The highest BCUT2D eigenvalue weighted by molar-refractivity contribution is 9.10. The third-order valence-corrected chi connectivity index (χ3v) is 2.42. The summed E-state index contributed by atoms with van der Waals surface area (Å²) in [6, 6.07) is 2.51. The lowest BCUT2D eigenvalue weighted by Gasteiger charge is -2.07.